The van der Waals surface area contributed by atoms with Crippen molar-refractivity contribution in [3.05, 3.63) is 60.2 Å². The first-order valence-electron chi connectivity index (χ1n) is 9.67. The van der Waals surface area contributed by atoms with E-state index in [4.69, 9.17) is 14.2 Å². The Hall–Kier alpha value is -3.55. The van der Waals surface area contributed by atoms with Crippen molar-refractivity contribution in [1.29, 1.82) is 0 Å². The van der Waals surface area contributed by atoms with Crippen LogP contribution >= 0.6 is 0 Å². The monoisotopic (exact) mass is 408 g/mol. The summed E-state index contributed by atoms with van der Waals surface area (Å²) >= 11 is 0. The number of carbonyl (C=O) groups excluding carboxylic acids is 1. The van der Waals surface area contributed by atoms with Gasteiger partial charge in [-0.15, -0.1) is 10.2 Å². The third-order valence-corrected chi connectivity index (χ3v) is 4.59. The molecule has 1 amide bonds. The van der Waals surface area contributed by atoms with Crippen LogP contribution in [0.25, 0.3) is 5.69 Å². The summed E-state index contributed by atoms with van der Waals surface area (Å²) in [7, 11) is 1.62. The summed E-state index contributed by atoms with van der Waals surface area (Å²) in [5.74, 6) is 2.75. The van der Waals surface area contributed by atoms with Crippen LogP contribution in [0.1, 0.15) is 38.2 Å². The number of hydrogen-bond acceptors (Lipinski definition) is 6. The molecule has 156 valence electrons. The SMILES string of the molecule is COc1cccc(Oc2ccc3c(c2)CC(NC(=O)OC(C)(C)C)c2nncn2-3)c1. The lowest BCUT2D eigenvalue weighted by Crippen LogP contribution is -2.38. The first kappa shape index (κ1) is 19.8. The second-order valence-corrected chi connectivity index (χ2v) is 8.03. The molecule has 0 saturated carbocycles. The number of fused-ring (bicyclic) bond motifs is 3. The standard InChI is InChI=1S/C22H24N4O4/c1-22(2,3)30-21(27)24-18-11-14-10-17(29-16-7-5-6-15(12-16)28-4)8-9-19(14)26-13-23-25-20(18)26/h5-10,12-13,18H,11H2,1-4H3,(H,24,27). The smallest absolute Gasteiger partial charge is 0.408 e. The highest BCUT2D eigenvalue weighted by molar-refractivity contribution is 5.68. The molecule has 0 spiro atoms. The zero-order chi connectivity index (χ0) is 21.3. The van der Waals surface area contributed by atoms with E-state index >= 15 is 0 Å². The summed E-state index contributed by atoms with van der Waals surface area (Å²) in [5.41, 5.74) is 1.38. The highest BCUT2D eigenvalue weighted by atomic mass is 16.6. The van der Waals surface area contributed by atoms with E-state index in [2.05, 4.69) is 15.5 Å². The van der Waals surface area contributed by atoms with Crippen LogP contribution in [0.15, 0.2) is 48.8 Å². The van der Waals surface area contributed by atoms with E-state index in [0.29, 0.717) is 23.7 Å². The van der Waals surface area contributed by atoms with Crippen LogP contribution in [0, 0.1) is 0 Å². The predicted octanol–water partition coefficient (Wildman–Crippen LogP) is 4.19. The van der Waals surface area contributed by atoms with Gasteiger partial charge in [0.25, 0.3) is 0 Å². The molecular formula is C22H24N4O4. The lowest BCUT2D eigenvalue weighted by atomic mass is 9.99. The number of nitrogens with zero attached hydrogens (tertiary/aromatic N) is 3. The van der Waals surface area contributed by atoms with Gasteiger partial charge in [0, 0.05) is 12.5 Å². The number of alkyl carbamates (subject to hydrolysis) is 1. The Morgan fingerprint density at radius 2 is 1.90 bits per heavy atom. The maximum atomic E-state index is 12.3. The van der Waals surface area contributed by atoms with E-state index < -0.39 is 11.7 Å². The van der Waals surface area contributed by atoms with Gasteiger partial charge in [0.2, 0.25) is 0 Å². The minimum Gasteiger partial charge on any atom is -0.497 e. The lowest BCUT2D eigenvalue weighted by Gasteiger charge is -2.27. The molecule has 1 unspecified atom stereocenters. The molecule has 2 heterocycles. The first-order valence-corrected chi connectivity index (χ1v) is 9.67. The highest BCUT2D eigenvalue weighted by Crippen LogP contribution is 2.34. The lowest BCUT2D eigenvalue weighted by molar-refractivity contribution is 0.0499. The number of carbonyl (C=O) groups is 1. The molecule has 2 aromatic carbocycles. The Balaban J connectivity index is 1.58. The van der Waals surface area contributed by atoms with Crippen LogP contribution in [0.2, 0.25) is 0 Å². The molecule has 0 aliphatic carbocycles. The Morgan fingerprint density at radius 1 is 1.13 bits per heavy atom. The van der Waals surface area contributed by atoms with Crippen molar-refractivity contribution >= 4 is 6.09 Å². The normalized spacial score (nSPS) is 15.0. The minimum atomic E-state index is -0.581. The summed E-state index contributed by atoms with van der Waals surface area (Å²) in [4.78, 5) is 12.3. The van der Waals surface area contributed by atoms with Crippen LogP contribution in [0.4, 0.5) is 4.79 Å². The van der Waals surface area contributed by atoms with Crippen molar-refractivity contribution in [3.8, 4) is 22.9 Å². The minimum absolute atomic E-state index is 0.359. The topological polar surface area (TPSA) is 87.5 Å². The highest BCUT2D eigenvalue weighted by Gasteiger charge is 2.29. The molecular weight excluding hydrogens is 384 g/mol. The predicted molar refractivity (Wildman–Crippen MR) is 110 cm³/mol. The fourth-order valence-corrected chi connectivity index (χ4v) is 3.37. The summed E-state index contributed by atoms with van der Waals surface area (Å²) in [6.07, 6.45) is 1.69. The number of aromatic nitrogens is 3. The Labute approximate surface area is 174 Å². The van der Waals surface area contributed by atoms with Crippen molar-refractivity contribution in [1.82, 2.24) is 20.1 Å². The van der Waals surface area contributed by atoms with Gasteiger partial charge in [-0.2, -0.15) is 0 Å². The molecule has 8 heteroatoms. The Kier molecular flexibility index (Phi) is 5.07. The van der Waals surface area contributed by atoms with Gasteiger partial charge in [-0.25, -0.2) is 4.79 Å². The summed E-state index contributed by atoms with van der Waals surface area (Å²) in [5, 5.41) is 11.1. The molecule has 1 aliphatic rings. The van der Waals surface area contributed by atoms with E-state index in [1.165, 1.54) is 0 Å². The van der Waals surface area contributed by atoms with Crippen LogP contribution in [-0.4, -0.2) is 33.6 Å². The van der Waals surface area contributed by atoms with Gasteiger partial charge in [-0.1, -0.05) is 6.07 Å². The maximum absolute atomic E-state index is 12.3. The molecule has 30 heavy (non-hydrogen) atoms. The van der Waals surface area contributed by atoms with Crippen LogP contribution < -0.4 is 14.8 Å². The quantitative estimate of drug-likeness (QED) is 0.696. The number of methoxy groups -OCH3 is 1. The van der Waals surface area contributed by atoms with Gasteiger partial charge >= 0.3 is 6.09 Å². The number of hydrogen-bond donors (Lipinski definition) is 1. The van der Waals surface area contributed by atoms with E-state index in [1.54, 1.807) is 13.4 Å². The average Bonchev–Trinajstić information content (AvgIpc) is 3.17. The zero-order valence-corrected chi connectivity index (χ0v) is 17.4. The number of benzene rings is 2. The van der Waals surface area contributed by atoms with Gasteiger partial charge in [0.15, 0.2) is 5.82 Å². The van der Waals surface area contributed by atoms with Crippen LogP contribution in [0.5, 0.6) is 17.2 Å². The third-order valence-electron chi connectivity index (χ3n) is 4.59. The second-order valence-electron chi connectivity index (χ2n) is 8.03. The summed E-state index contributed by atoms with van der Waals surface area (Å²) in [6, 6.07) is 12.9. The van der Waals surface area contributed by atoms with Gasteiger partial charge in [0.1, 0.15) is 29.2 Å². The molecule has 3 aromatic rings. The fraction of sp³-hybridized carbons (Fsp3) is 0.318. The molecule has 0 bridgehead atoms. The first-order chi connectivity index (χ1) is 14.3. The molecule has 4 rings (SSSR count). The second kappa shape index (κ2) is 7.70. The Bertz CT molecular complexity index is 1070. The molecule has 0 radical (unpaired) electrons. The number of ether oxygens (including phenoxy) is 3. The van der Waals surface area contributed by atoms with Crippen molar-refractivity contribution in [2.45, 2.75) is 38.8 Å². The largest absolute Gasteiger partial charge is 0.497 e. The molecule has 1 N–H and O–H groups in total. The van der Waals surface area contributed by atoms with Crippen LogP contribution in [0.3, 0.4) is 0 Å². The van der Waals surface area contributed by atoms with Crippen molar-refractivity contribution in [3.63, 3.8) is 0 Å². The third kappa shape index (κ3) is 4.22. The van der Waals surface area contributed by atoms with Gasteiger partial charge < -0.3 is 19.5 Å². The van der Waals surface area contributed by atoms with Gasteiger partial charge in [-0.05, 0) is 56.7 Å². The molecule has 0 fully saturated rings. The van der Waals surface area contributed by atoms with Gasteiger partial charge in [0.05, 0.1) is 18.8 Å². The number of nitrogens with one attached hydrogen (secondary N) is 1. The summed E-state index contributed by atoms with van der Waals surface area (Å²) in [6.45, 7) is 5.48. The summed E-state index contributed by atoms with van der Waals surface area (Å²) < 4.78 is 18.5. The molecule has 1 aliphatic heterocycles. The van der Waals surface area contributed by atoms with Crippen molar-refractivity contribution in [2.24, 2.45) is 0 Å². The fourth-order valence-electron chi connectivity index (χ4n) is 3.37. The van der Waals surface area contributed by atoms with Crippen molar-refractivity contribution < 1.29 is 19.0 Å². The van der Waals surface area contributed by atoms with Crippen LogP contribution in [-0.2, 0) is 11.2 Å². The molecule has 0 saturated heterocycles. The Morgan fingerprint density at radius 3 is 2.67 bits per heavy atom. The maximum Gasteiger partial charge on any atom is 0.408 e. The van der Waals surface area contributed by atoms with Crippen molar-refractivity contribution in [2.75, 3.05) is 7.11 Å². The molecule has 8 nitrogen and oxygen atoms in total. The van der Waals surface area contributed by atoms with E-state index in [-0.39, 0.29) is 6.04 Å². The molecule has 1 atom stereocenters. The van der Waals surface area contributed by atoms with E-state index in [9.17, 15) is 4.79 Å². The number of amides is 1. The van der Waals surface area contributed by atoms with Gasteiger partial charge in [-0.3, -0.25) is 4.57 Å². The molecule has 1 aromatic heterocycles. The van der Waals surface area contributed by atoms with E-state index in [1.807, 2.05) is 67.8 Å². The number of rotatable bonds is 4. The average molecular weight is 408 g/mol. The van der Waals surface area contributed by atoms with E-state index in [0.717, 1.165) is 17.0 Å². The zero-order valence-electron chi connectivity index (χ0n) is 17.4.